The van der Waals surface area contributed by atoms with Crippen molar-refractivity contribution < 1.29 is 9.08 Å². The number of hydrogen-bond donors (Lipinski definition) is 0. The molecule has 0 bridgehead atoms. The fourth-order valence-electron chi connectivity index (χ4n) is 0.250. The second kappa shape index (κ2) is 6.76. The van der Waals surface area contributed by atoms with E-state index < -0.39 is 0 Å². The van der Waals surface area contributed by atoms with Crippen molar-refractivity contribution >= 4 is 18.3 Å². The van der Waals surface area contributed by atoms with Gasteiger partial charge in [-0.25, -0.2) is 0 Å². The third kappa shape index (κ3) is 5.76. The summed E-state index contributed by atoms with van der Waals surface area (Å²) >= 11 is 4.32. The number of halogens is 1. The van der Waals surface area contributed by atoms with Crippen LogP contribution < -0.4 is 0 Å². The molecule has 0 heterocycles. The minimum atomic E-state index is 0.140. The van der Waals surface area contributed by atoms with Crippen LogP contribution in [0, 0.1) is 0 Å². The van der Waals surface area contributed by atoms with Crippen LogP contribution in [0.4, 0.5) is 0 Å². The summed E-state index contributed by atoms with van der Waals surface area (Å²) in [4.78, 5) is 8.82. The van der Waals surface area contributed by atoms with E-state index in [-0.39, 0.29) is 6.47 Å². The van der Waals surface area contributed by atoms with Gasteiger partial charge in [0, 0.05) is 0 Å². The van der Waals surface area contributed by atoms with Gasteiger partial charge in [0.25, 0.3) is 0 Å². The van der Waals surface area contributed by atoms with E-state index in [0.717, 1.165) is 0 Å². The Hall–Kier alpha value is -0.240. The largest absolute Gasteiger partial charge is 0.350 e. The van der Waals surface area contributed by atoms with Crippen molar-refractivity contribution in [1.82, 2.24) is 0 Å². The SMILES string of the molecule is C1CCC1.O=COCl. The molecule has 2 nitrogen and oxygen atoms in total. The standard InChI is InChI=1S/C4H8.CHClO2/c1-2-4-3-1;2-4-1-3/h1-4H2;1H. The average molecular weight is 137 g/mol. The number of carbonyl (C=O) groups is 1. The van der Waals surface area contributed by atoms with Gasteiger partial charge in [0.05, 0.1) is 0 Å². The summed E-state index contributed by atoms with van der Waals surface area (Å²) < 4.78 is 3.33. The fraction of sp³-hybridized carbons (Fsp3) is 0.800. The van der Waals surface area contributed by atoms with Crippen LogP contribution in [0.5, 0.6) is 0 Å². The molecule has 0 saturated heterocycles. The number of carbonyl (C=O) groups excluding carboxylic acids is 1. The van der Waals surface area contributed by atoms with Crippen LogP contribution in [0.1, 0.15) is 25.7 Å². The van der Waals surface area contributed by atoms with Gasteiger partial charge in [0.2, 0.25) is 0 Å². The molecule has 0 amide bonds. The van der Waals surface area contributed by atoms with Gasteiger partial charge in [-0.2, -0.15) is 0 Å². The molecule has 0 atom stereocenters. The second-order valence-electron chi connectivity index (χ2n) is 1.60. The van der Waals surface area contributed by atoms with Crippen molar-refractivity contribution in [3.63, 3.8) is 0 Å². The van der Waals surface area contributed by atoms with Gasteiger partial charge >= 0.3 is 6.47 Å². The van der Waals surface area contributed by atoms with Crippen molar-refractivity contribution in [2.75, 3.05) is 0 Å². The predicted octanol–water partition coefficient (Wildman–Crippen LogP) is 1.87. The lowest BCUT2D eigenvalue weighted by Gasteiger charge is -2.05. The van der Waals surface area contributed by atoms with Crippen molar-refractivity contribution in [2.24, 2.45) is 0 Å². The molecule has 1 rings (SSSR count). The minimum absolute atomic E-state index is 0.140. The zero-order chi connectivity index (χ0) is 6.24. The van der Waals surface area contributed by atoms with Crippen LogP contribution in [0.15, 0.2) is 0 Å². The Morgan fingerprint density at radius 1 is 1.25 bits per heavy atom. The van der Waals surface area contributed by atoms with Crippen LogP contribution >= 0.6 is 11.9 Å². The van der Waals surface area contributed by atoms with E-state index in [0.29, 0.717) is 0 Å². The zero-order valence-corrected chi connectivity index (χ0v) is 5.36. The van der Waals surface area contributed by atoms with Gasteiger partial charge in [-0.15, -0.1) is 0 Å². The summed E-state index contributed by atoms with van der Waals surface area (Å²) in [6.07, 6.45) is 6.00. The highest BCUT2D eigenvalue weighted by molar-refractivity contribution is 6.10. The third-order valence-electron chi connectivity index (χ3n) is 1.04. The van der Waals surface area contributed by atoms with Crippen LogP contribution in [0.25, 0.3) is 0 Å². The summed E-state index contributed by atoms with van der Waals surface area (Å²) in [5, 5.41) is 0. The maximum atomic E-state index is 8.82. The van der Waals surface area contributed by atoms with Gasteiger partial charge in [0.1, 0.15) is 11.9 Å². The number of hydrogen-bond acceptors (Lipinski definition) is 2. The molecule has 0 aromatic carbocycles. The van der Waals surface area contributed by atoms with Gasteiger partial charge in [0.15, 0.2) is 0 Å². The molecule has 3 heteroatoms. The first-order chi connectivity index (χ1) is 3.91. The molecular weight excluding hydrogens is 128 g/mol. The molecule has 0 spiro atoms. The summed E-state index contributed by atoms with van der Waals surface area (Å²) in [5.41, 5.74) is 0. The normalized spacial score (nSPS) is 14.6. The second-order valence-corrected chi connectivity index (χ2v) is 1.78. The molecule has 8 heavy (non-hydrogen) atoms. The van der Waals surface area contributed by atoms with Crippen molar-refractivity contribution in [3.05, 3.63) is 0 Å². The highest BCUT2D eigenvalue weighted by Gasteiger charge is 1.95. The van der Waals surface area contributed by atoms with E-state index in [4.69, 9.17) is 4.79 Å². The molecule has 0 N–H and O–H groups in total. The van der Waals surface area contributed by atoms with Crippen LogP contribution in [0.3, 0.4) is 0 Å². The summed E-state index contributed by atoms with van der Waals surface area (Å²) in [6, 6.07) is 0. The molecule has 1 aliphatic carbocycles. The zero-order valence-electron chi connectivity index (χ0n) is 4.60. The van der Waals surface area contributed by atoms with Gasteiger partial charge in [-0.1, -0.05) is 25.7 Å². The number of rotatable bonds is 1. The first kappa shape index (κ1) is 7.76. The topological polar surface area (TPSA) is 26.3 Å². The fourth-order valence-corrected chi connectivity index (χ4v) is 0.250. The van der Waals surface area contributed by atoms with Crippen molar-refractivity contribution in [1.29, 1.82) is 0 Å². The van der Waals surface area contributed by atoms with E-state index in [1.54, 1.807) is 0 Å². The molecule has 1 aliphatic rings. The molecule has 0 aromatic heterocycles. The van der Waals surface area contributed by atoms with E-state index in [1.807, 2.05) is 0 Å². The quantitative estimate of drug-likeness (QED) is 0.515. The molecule has 48 valence electrons. The monoisotopic (exact) mass is 136 g/mol. The van der Waals surface area contributed by atoms with Crippen LogP contribution in [-0.4, -0.2) is 6.47 Å². The Balaban J connectivity index is 0.000000122. The Morgan fingerprint density at radius 2 is 1.50 bits per heavy atom. The van der Waals surface area contributed by atoms with Gasteiger partial charge in [-0.3, -0.25) is 4.79 Å². The Labute approximate surface area is 53.9 Å². The van der Waals surface area contributed by atoms with E-state index in [1.165, 1.54) is 25.7 Å². The molecule has 1 fully saturated rings. The average Bonchev–Trinajstić information content (AvgIpc) is 1.61. The molecule has 0 aromatic rings. The first-order valence-electron chi connectivity index (χ1n) is 2.63. The first-order valence-corrected chi connectivity index (χ1v) is 2.93. The third-order valence-corrected chi connectivity index (χ3v) is 1.11. The molecule has 0 radical (unpaired) electrons. The van der Waals surface area contributed by atoms with Crippen LogP contribution in [0.2, 0.25) is 0 Å². The summed E-state index contributed by atoms with van der Waals surface area (Å²) in [6.45, 7) is 0.140. The van der Waals surface area contributed by atoms with Crippen LogP contribution in [-0.2, 0) is 9.08 Å². The lowest BCUT2D eigenvalue weighted by atomic mass is 10.0. The van der Waals surface area contributed by atoms with Crippen molar-refractivity contribution in [2.45, 2.75) is 25.7 Å². The molecule has 0 unspecified atom stereocenters. The Morgan fingerprint density at radius 3 is 1.50 bits per heavy atom. The Bertz CT molecular complexity index is 48.4. The van der Waals surface area contributed by atoms with Gasteiger partial charge < -0.3 is 4.29 Å². The molecule has 0 aliphatic heterocycles. The molecular formula is C5H9ClO2. The predicted molar refractivity (Wildman–Crippen MR) is 31.5 cm³/mol. The van der Waals surface area contributed by atoms with E-state index >= 15 is 0 Å². The maximum Gasteiger partial charge on any atom is 0.312 e. The molecule has 1 saturated carbocycles. The smallest absolute Gasteiger partial charge is 0.312 e. The highest BCUT2D eigenvalue weighted by Crippen LogP contribution is 2.15. The highest BCUT2D eigenvalue weighted by atomic mass is 35.5. The lowest BCUT2D eigenvalue weighted by molar-refractivity contribution is -0.120. The lowest BCUT2D eigenvalue weighted by Crippen LogP contribution is -1.85. The maximum absolute atomic E-state index is 8.82. The van der Waals surface area contributed by atoms with Gasteiger partial charge in [-0.05, 0) is 0 Å². The Kier molecular flexibility index (Phi) is 6.56. The van der Waals surface area contributed by atoms with E-state index in [9.17, 15) is 0 Å². The van der Waals surface area contributed by atoms with E-state index in [2.05, 4.69) is 16.2 Å². The van der Waals surface area contributed by atoms with Crippen molar-refractivity contribution in [3.8, 4) is 0 Å². The summed E-state index contributed by atoms with van der Waals surface area (Å²) in [7, 11) is 0. The summed E-state index contributed by atoms with van der Waals surface area (Å²) in [5.74, 6) is 0. The minimum Gasteiger partial charge on any atom is -0.350 e.